The zero-order valence-corrected chi connectivity index (χ0v) is 11.3. The van der Waals surface area contributed by atoms with Crippen molar-refractivity contribution in [3.05, 3.63) is 0 Å². The van der Waals surface area contributed by atoms with E-state index in [4.69, 9.17) is 9.47 Å². The first-order valence-corrected chi connectivity index (χ1v) is 7.16. The number of hydrogen-bond acceptors (Lipinski definition) is 3. The van der Waals surface area contributed by atoms with Crippen LogP contribution in [-0.2, 0) is 9.47 Å². The molecular formula is C14H27NO2. The van der Waals surface area contributed by atoms with Crippen LogP contribution in [0.25, 0.3) is 0 Å². The Bertz CT molecular complexity index is 216. The Morgan fingerprint density at radius 2 is 1.94 bits per heavy atom. The number of nitrogens with one attached hydrogen (secondary N) is 1. The average Bonchev–Trinajstić information content (AvgIpc) is 2.40. The van der Waals surface area contributed by atoms with Crippen LogP contribution >= 0.6 is 0 Å². The van der Waals surface area contributed by atoms with Gasteiger partial charge >= 0.3 is 0 Å². The van der Waals surface area contributed by atoms with E-state index in [-0.39, 0.29) is 0 Å². The zero-order chi connectivity index (χ0) is 12.1. The van der Waals surface area contributed by atoms with Gasteiger partial charge in [0.1, 0.15) is 0 Å². The predicted octanol–water partition coefficient (Wildman–Crippen LogP) is 2.35. The lowest BCUT2D eigenvalue weighted by Crippen LogP contribution is -2.45. The summed E-state index contributed by atoms with van der Waals surface area (Å²) in [5, 5.41) is 3.82. The summed E-state index contributed by atoms with van der Waals surface area (Å²) < 4.78 is 10.9. The fourth-order valence-corrected chi connectivity index (χ4v) is 3.23. The van der Waals surface area contributed by atoms with E-state index in [2.05, 4.69) is 12.2 Å². The SMILES string of the molecule is COC1CCCC(NC(C)C2CCOCC2)C1. The van der Waals surface area contributed by atoms with Crippen molar-refractivity contribution in [2.24, 2.45) is 5.92 Å². The van der Waals surface area contributed by atoms with Crippen molar-refractivity contribution in [1.82, 2.24) is 5.32 Å². The molecule has 1 N–H and O–H groups in total. The molecule has 0 radical (unpaired) electrons. The van der Waals surface area contributed by atoms with E-state index in [1.54, 1.807) is 0 Å². The number of rotatable bonds is 4. The smallest absolute Gasteiger partial charge is 0.0586 e. The van der Waals surface area contributed by atoms with Gasteiger partial charge in [-0.15, -0.1) is 0 Å². The molecule has 17 heavy (non-hydrogen) atoms. The van der Waals surface area contributed by atoms with Crippen LogP contribution in [0.4, 0.5) is 0 Å². The third-order valence-corrected chi connectivity index (χ3v) is 4.43. The standard InChI is InChI=1S/C14H27NO2/c1-11(12-6-8-17-9-7-12)15-13-4-3-5-14(10-13)16-2/h11-15H,3-10H2,1-2H3. The first-order valence-electron chi connectivity index (χ1n) is 7.16. The van der Waals surface area contributed by atoms with E-state index in [0.717, 1.165) is 19.1 Å². The van der Waals surface area contributed by atoms with Crippen molar-refractivity contribution >= 4 is 0 Å². The molecule has 0 aromatic rings. The van der Waals surface area contributed by atoms with Gasteiger partial charge in [0.15, 0.2) is 0 Å². The second-order valence-corrected chi connectivity index (χ2v) is 5.63. The molecule has 1 aliphatic carbocycles. The molecule has 2 rings (SSSR count). The maximum Gasteiger partial charge on any atom is 0.0586 e. The first-order chi connectivity index (χ1) is 8.29. The Hall–Kier alpha value is -0.120. The molecule has 0 aromatic carbocycles. The van der Waals surface area contributed by atoms with E-state index < -0.39 is 0 Å². The molecule has 0 bridgehead atoms. The average molecular weight is 241 g/mol. The summed E-state index contributed by atoms with van der Waals surface area (Å²) in [5.74, 6) is 0.798. The molecule has 0 amide bonds. The minimum absolute atomic E-state index is 0.475. The van der Waals surface area contributed by atoms with Gasteiger partial charge in [-0.3, -0.25) is 0 Å². The van der Waals surface area contributed by atoms with Crippen molar-refractivity contribution < 1.29 is 9.47 Å². The quantitative estimate of drug-likeness (QED) is 0.819. The third kappa shape index (κ3) is 3.94. The molecule has 3 nitrogen and oxygen atoms in total. The lowest BCUT2D eigenvalue weighted by molar-refractivity contribution is 0.0406. The topological polar surface area (TPSA) is 30.5 Å². The summed E-state index contributed by atoms with van der Waals surface area (Å²) in [7, 11) is 1.84. The fraction of sp³-hybridized carbons (Fsp3) is 1.00. The summed E-state index contributed by atoms with van der Waals surface area (Å²) in [6.45, 7) is 4.23. The Morgan fingerprint density at radius 3 is 2.65 bits per heavy atom. The minimum atomic E-state index is 0.475. The highest BCUT2D eigenvalue weighted by Crippen LogP contribution is 2.24. The number of methoxy groups -OCH3 is 1. The molecular weight excluding hydrogens is 214 g/mol. The lowest BCUT2D eigenvalue weighted by atomic mass is 9.88. The molecule has 2 fully saturated rings. The minimum Gasteiger partial charge on any atom is -0.381 e. The van der Waals surface area contributed by atoms with Crippen LogP contribution < -0.4 is 5.32 Å². The molecule has 3 unspecified atom stereocenters. The molecule has 1 saturated heterocycles. The van der Waals surface area contributed by atoms with Crippen LogP contribution in [0, 0.1) is 5.92 Å². The summed E-state index contributed by atoms with van der Waals surface area (Å²) >= 11 is 0. The Balaban J connectivity index is 1.74. The largest absolute Gasteiger partial charge is 0.381 e. The lowest BCUT2D eigenvalue weighted by Gasteiger charge is -2.35. The van der Waals surface area contributed by atoms with Crippen molar-refractivity contribution in [2.75, 3.05) is 20.3 Å². The molecule has 0 aromatic heterocycles. The van der Waals surface area contributed by atoms with Crippen LogP contribution in [0.3, 0.4) is 0 Å². The van der Waals surface area contributed by atoms with Gasteiger partial charge in [0.2, 0.25) is 0 Å². The summed E-state index contributed by atoms with van der Waals surface area (Å²) in [6.07, 6.45) is 7.95. The summed E-state index contributed by atoms with van der Waals surface area (Å²) in [6, 6.07) is 1.28. The number of hydrogen-bond donors (Lipinski definition) is 1. The van der Waals surface area contributed by atoms with E-state index in [0.29, 0.717) is 18.2 Å². The number of ether oxygens (including phenoxy) is 2. The monoisotopic (exact) mass is 241 g/mol. The van der Waals surface area contributed by atoms with Gasteiger partial charge in [-0.05, 0) is 51.4 Å². The molecule has 100 valence electrons. The van der Waals surface area contributed by atoms with Crippen molar-refractivity contribution in [1.29, 1.82) is 0 Å². The first kappa shape index (κ1) is 13.3. The second-order valence-electron chi connectivity index (χ2n) is 5.63. The van der Waals surface area contributed by atoms with Crippen LogP contribution in [0.2, 0.25) is 0 Å². The Morgan fingerprint density at radius 1 is 1.18 bits per heavy atom. The van der Waals surface area contributed by atoms with E-state index >= 15 is 0 Å². The van der Waals surface area contributed by atoms with Gasteiger partial charge < -0.3 is 14.8 Å². The highest BCUT2D eigenvalue weighted by molar-refractivity contribution is 4.83. The molecule has 2 aliphatic rings. The van der Waals surface area contributed by atoms with E-state index in [1.807, 2.05) is 7.11 Å². The molecule has 1 saturated carbocycles. The van der Waals surface area contributed by atoms with Crippen LogP contribution in [0.15, 0.2) is 0 Å². The van der Waals surface area contributed by atoms with Gasteiger partial charge in [0.25, 0.3) is 0 Å². The van der Waals surface area contributed by atoms with Crippen LogP contribution in [-0.4, -0.2) is 38.5 Å². The van der Waals surface area contributed by atoms with Gasteiger partial charge in [-0.25, -0.2) is 0 Å². The van der Waals surface area contributed by atoms with Gasteiger partial charge in [-0.2, -0.15) is 0 Å². The predicted molar refractivity (Wildman–Crippen MR) is 69.2 cm³/mol. The molecule has 0 spiro atoms. The van der Waals surface area contributed by atoms with Crippen molar-refractivity contribution in [3.8, 4) is 0 Å². The fourth-order valence-electron chi connectivity index (χ4n) is 3.23. The molecule has 3 heteroatoms. The Kier molecular flexibility index (Phi) is 5.26. The summed E-state index contributed by atoms with van der Waals surface area (Å²) in [4.78, 5) is 0. The second kappa shape index (κ2) is 6.72. The van der Waals surface area contributed by atoms with E-state index in [9.17, 15) is 0 Å². The van der Waals surface area contributed by atoms with E-state index in [1.165, 1.54) is 38.5 Å². The zero-order valence-electron chi connectivity index (χ0n) is 11.3. The molecule has 1 heterocycles. The maximum atomic E-state index is 5.49. The molecule has 1 aliphatic heterocycles. The van der Waals surface area contributed by atoms with Crippen molar-refractivity contribution in [3.63, 3.8) is 0 Å². The highest BCUT2D eigenvalue weighted by Gasteiger charge is 2.26. The van der Waals surface area contributed by atoms with Gasteiger partial charge in [0, 0.05) is 32.4 Å². The Labute approximate surface area is 105 Å². The van der Waals surface area contributed by atoms with Crippen LogP contribution in [0.1, 0.15) is 45.4 Å². The molecule has 3 atom stereocenters. The van der Waals surface area contributed by atoms with Crippen LogP contribution in [0.5, 0.6) is 0 Å². The van der Waals surface area contributed by atoms with Gasteiger partial charge in [-0.1, -0.05) is 0 Å². The van der Waals surface area contributed by atoms with Crippen molar-refractivity contribution in [2.45, 2.75) is 63.6 Å². The third-order valence-electron chi connectivity index (χ3n) is 4.43. The van der Waals surface area contributed by atoms with Gasteiger partial charge in [0.05, 0.1) is 6.10 Å². The normalized spacial score (nSPS) is 33.5. The summed E-state index contributed by atoms with van der Waals surface area (Å²) in [5.41, 5.74) is 0. The maximum absolute atomic E-state index is 5.49. The highest BCUT2D eigenvalue weighted by atomic mass is 16.5.